The van der Waals surface area contributed by atoms with Gasteiger partial charge in [0.2, 0.25) is 0 Å². The summed E-state index contributed by atoms with van der Waals surface area (Å²) in [4.78, 5) is 12.4. The second-order valence-electron chi connectivity index (χ2n) is 5.00. The highest BCUT2D eigenvalue weighted by Gasteiger charge is 2.08. The predicted molar refractivity (Wildman–Crippen MR) is 87.7 cm³/mol. The summed E-state index contributed by atoms with van der Waals surface area (Å²) < 4.78 is 7.01. The summed E-state index contributed by atoms with van der Waals surface area (Å²) in [5.41, 5.74) is 2.37. The molecule has 0 radical (unpaired) electrons. The summed E-state index contributed by atoms with van der Waals surface area (Å²) in [5.74, 6) is 0.628. The van der Waals surface area contributed by atoms with E-state index in [1.54, 1.807) is 24.1 Å². The van der Waals surface area contributed by atoms with Crippen molar-refractivity contribution in [2.45, 2.75) is 6.54 Å². The van der Waals surface area contributed by atoms with E-state index >= 15 is 0 Å². The number of rotatable bonds is 5. The van der Waals surface area contributed by atoms with Gasteiger partial charge in [-0.3, -0.25) is 4.79 Å². The number of carbonyl (C=O) groups is 1. The minimum absolute atomic E-state index is 0.134. The van der Waals surface area contributed by atoms with E-state index in [1.807, 2.05) is 54.7 Å². The highest BCUT2D eigenvalue weighted by molar-refractivity contribution is 5.94. The van der Waals surface area contributed by atoms with Gasteiger partial charge in [0, 0.05) is 30.1 Å². The molecule has 0 fully saturated rings. The van der Waals surface area contributed by atoms with E-state index in [9.17, 15) is 4.79 Å². The molecule has 5 heteroatoms. The number of nitrogens with one attached hydrogen (secondary N) is 1. The molecule has 0 saturated carbocycles. The largest absolute Gasteiger partial charge is 0.496 e. The average molecular weight is 307 g/mol. The molecule has 3 rings (SSSR count). The second kappa shape index (κ2) is 6.79. The van der Waals surface area contributed by atoms with Crippen LogP contribution in [0, 0.1) is 0 Å². The fourth-order valence-electron chi connectivity index (χ4n) is 2.34. The monoisotopic (exact) mass is 307 g/mol. The van der Waals surface area contributed by atoms with Crippen LogP contribution in [0.2, 0.25) is 0 Å². The first-order chi connectivity index (χ1) is 11.3. The van der Waals surface area contributed by atoms with Gasteiger partial charge in [-0.15, -0.1) is 0 Å². The van der Waals surface area contributed by atoms with E-state index in [-0.39, 0.29) is 5.91 Å². The van der Waals surface area contributed by atoms with Gasteiger partial charge in [-0.25, -0.2) is 4.68 Å². The molecule has 0 aliphatic carbocycles. The number of benzene rings is 2. The standard InChI is InChI=1S/C18H17N3O2/c1-23-17-9-3-2-6-15(17)13-19-18(22)14-7-4-8-16(12-14)21-11-5-10-20-21/h2-12H,13H2,1H3,(H,19,22). The van der Waals surface area contributed by atoms with Crippen LogP contribution in [0.4, 0.5) is 0 Å². The summed E-state index contributed by atoms with van der Waals surface area (Å²) in [6, 6.07) is 16.8. The lowest BCUT2D eigenvalue weighted by Crippen LogP contribution is -2.23. The molecule has 116 valence electrons. The van der Waals surface area contributed by atoms with Crippen molar-refractivity contribution in [3.63, 3.8) is 0 Å². The van der Waals surface area contributed by atoms with Crippen LogP contribution in [-0.2, 0) is 6.54 Å². The van der Waals surface area contributed by atoms with Crippen LogP contribution in [0.5, 0.6) is 5.75 Å². The van der Waals surface area contributed by atoms with Gasteiger partial charge in [-0.05, 0) is 30.3 Å². The zero-order valence-corrected chi connectivity index (χ0v) is 12.8. The summed E-state index contributed by atoms with van der Waals surface area (Å²) in [6.45, 7) is 0.412. The third kappa shape index (κ3) is 3.40. The molecule has 1 amide bonds. The number of nitrogens with zero attached hydrogens (tertiary/aromatic N) is 2. The molecule has 1 N–H and O–H groups in total. The minimum Gasteiger partial charge on any atom is -0.496 e. The molecule has 3 aromatic rings. The van der Waals surface area contributed by atoms with Crippen molar-refractivity contribution in [3.8, 4) is 11.4 Å². The Morgan fingerprint density at radius 2 is 2.04 bits per heavy atom. The van der Waals surface area contributed by atoms with Gasteiger partial charge in [0.25, 0.3) is 5.91 Å². The zero-order chi connectivity index (χ0) is 16.1. The molecular formula is C18H17N3O2. The second-order valence-corrected chi connectivity index (χ2v) is 5.00. The number of hydrogen-bond acceptors (Lipinski definition) is 3. The van der Waals surface area contributed by atoms with E-state index in [0.29, 0.717) is 12.1 Å². The molecule has 1 heterocycles. The Bertz CT molecular complexity index is 798. The van der Waals surface area contributed by atoms with Crippen molar-refractivity contribution < 1.29 is 9.53 Å². The van der Waals surface area contributed by atoms with E-state index in [2.05, 4.69) is 10.4 Å². The van der Waals surface area contributed by atoms with Crippen molar-refractivity contribution in [2.24, 2.45) is 0 Å². The minimum atomic E-state index is -0.134. The normalized spacial score (nSPS) is 10.3. The maximum Gasteiger partial charge on any atom is 0.251 e. The van der Waals surface area contributed by atoms with Crippen LogP contribution in [-0.4, -0.2) is 22.8 Å². The summed E-state index contributed by atoms with van der Waals surface area (Å²) in [7, 11) is 1.62. The lowest BCUT2D eigenvalue weighted by atomic mass is 10.1. The molecule has 5 nitrogen and oxygen atoms in total. The van der Waals surface area contributed by atoms with Gasteiger partial charge >= 0.3 is 0 Å². The van der Waals surface area contributed by atoms with Gasteiger partial charge < -0.3 is 10.1 Å². The molecule has 0 bridgehead atoms. The van der Waals surface area contributed by atoms with E-state index in [4.69, 9.17) is 4.74 Å². The third-order valence-corrected chi connectivity index (χ3v) is 3.51. The number of carbonyl (C=O) groups excluding carboxylic acids is 1. The maximum absolute atomic E-state index is 12.4. The van der Waals surface area contributed by atoms with Crippen LogP contribution in [0.15, 0.2) is 67.0 Å². The van der Waals surface area contributed by atoms with Gasteiger partial charge in [-0.2, -0.15) is 5.10 Å². The molecule has 1 aromatic heterocycles. The molecule has 0 aliphatic heterocycles. The van der Waals surface area contributed by atoms with E-state index in [1.165, 1.54) is 0 Å². The Hall–Kier alpha value is -3.08. The quantitative estimate of drug-likeness (QED) is 0.788. The van der Waals surface area contributed by atoms with Crippen molar-refractivity contribution in [1.82, 2.24) is 15.1 Å². The molecule has 0 unspecified atom stereocenters. The van der Waals surface area contributed by atoms with Crippen molar-refractivity contribution in [2.75, 3.05) is 7.11 Å². The van der Waals surface area contributed by atoms with Crippen molar-refractivity contribution >= 4 is 5.91 Å². The first-order valence-corrected chi connectivity index (χ1v) is 7.28. The molecule has 0 aliphatic rings. The smallest absolute Gasteiger partial charge is 0.251 e. The number of para-hydroxylation sites is 1. The Morgan fingerprint density at radius 3 is 2.83 bits per heavy atom. The summed E-state index contributed by atoms with van der Waals surface area (Å²) in [5, 5.41) is 7.09. The Kier molecular flexibility index (Phi) is 4.38. The number of ether oxygens (including phenoxy) is 1. The predicted octanol–water partition coefficient (Wildman–Crippen LogP) is 2.81. The van der Waals surface area contributed by atoms with Crippen molar-refractivity contribution in [1.29, 1.82) is 0 Å². The van der Waals surface area contributed by atoms with Gasteiger partial charge in [0.05, 0.1) is 12.8 Å². The van der Waals surface area contributed by atoms with Gasteiger partial charge in [0.1, 0.15) is 5.75 Å². The van der Waals surface area contributed by atoms with Crippen molar-refractivity contribution in [3.05, 3.63) is 78.1 Å². The SMILES string of the molecule is COc1ccccc1CNC(=O)c1cccc(-n2cccn2)c1. The first-order valence-electron chi connectivity index (χ1n) is 7.28. The zero-order valence-electron chi connectivity index (χ0n) is 12.8. The van der Waals surface area contributed by atoms with Crippen LogP contribution >= 0.6 is 0 Å². The van der Waals surface area contributed by atoms with Gasteiger partial charge in [-0.1, -0.05) is 24.3 Å². The molecule has 23 heavy (non-hydrogen) atoms. The molecule has 0 atom stereocenters. The molecule has 0 saturated heterocycles. The number of amides is 1. The highest BCUT2D eigenvalue weighted by Crippen LogP contribution is 2.17. The molecular weight excluding hydrogens is 290 g/mol. The lowest BCUT2D eigenvalue weighted by Gasteiger charge is -2.10. The molecule has 2 aromatic carbocycles. The Morgan fingerprint density at radius 1 is 1.17 bits per heavy atom. The highest BCUT2D eigenvalue weighted by atomic mass is 16.5. The summed E-state index contributed by atoms with van der Waals surface area (Å²) in [6.07, 6.45) is 3.54. The van der Waals surface area contributed by atoms with Crippen LogP contribution in [0.3, 0.4) is 0 Å². The Labute approximate surface area is 134 Å². The first kappa shape index (κ1) is 14.8. The maximum atomic E-state index is 12.4. The van der Waals surface area contributed by atoms with Crippen LogP contribution in [0.25, 0.3) is 5.69 Å². The fraction of sp³-hybridized carbons (Fsp3) is 0.111. The van der Waals surface area contributed by atoms with E-state index < -0.39 is 0 Å². The fourth-order valence-corrected chi connectivity index (χ4v) is 2.34. The topological polar surface area (TPSA) is 56.1 Å². The van der Waals surface area contributed by atoms with E-state index in [0.717, 1.165) is 17.0 Å². The average Bonchev–Trinajstić information content (AvgIpc) is 3.14. The molecule has 0 spiro atoms. The number of aromatic nitrogens is 2. The number of methoxy groups -OCH3 is 1. The summed E-state index contributed by atoms with van der Waals surface area (Å²) >= 11 is 0. The third-order valence-electron chi connectivity index (χ3n) is 3.51. The van der Waals surface area contributed by atoms with Crippen LogP contribution < -0.4 is 10.1 Å². The van der Waals surface area contributed by atoms with Gasteiger partial charge in [0.15, 0.2) is 0 Å². The Balaban J connectivity index is 1.72. The van der Waals surface area contributed by atoms with Crippen LogP contribution in [0.1, 0.15) is 15.9 Å². The lowest BCUT2D eigenvalue weighted by molar-refractivity contribution is 0.0950. The number of hydrogen-bond donors (Lipinski definition) is 1.